The SMILES string of the molecule is Cc1ccc(C(C)Nc2nc(N)ccc2[N+](=O)[O-])cc1F. The molecule has 0 amide bonds. The molecule has 0 bridgehead atoms. The van der Waals surface area contributed by atoms with Crippen LogP contribution in [-0.4, -0.2) is 9.91 Å². The van der Waals surface area contributed by atoms with Gasteiger partial charge in [-0.2, -0.15) is 0 Å². The third kappa shape index (κ3) is 3.25. The van der Waals surface area contributed by atoms with Crippen LogP contribution < -0.4 is 11.1 Å². The highest BCUT2D eigenvalue weighted by Crippen LogP contribution is 2.27. The highest BCUT2D eigenvalue weighted by atomic mass is 19.1. The molecule has 1 heterocycles. The number of nitro groups is 1. The van der Waals surface area contributed by atoms with Crippen molar-refractivity contribution in [3.63, 3.8) is 0 Å². The first-order valence-electron chi connectivity index (χ1n) is 6.32. The van der Waals surface area contributed by atoms with E-state index in [1.807, 2.05) is 0 Å². The summed E-state index contributed by atoms with van der Waals surface area (Å²) in [6.07, 6.45) is 0. The average Bonchev–Trinajstić information content (AvgIpc) is 2.41. The third-order valence-corrected chi connectivity index (χ3v) is 3.14. The molecule has 21 heavy (non-hydrogen) atoms. The zero-order valence-electron chi connectivity index (χ0n) is 11.6. The molecule has 0 saturated carbocycles. The molecule has 3 N–H and O–H groups in total. The number of aromatic nitrogens is 1. The van der Waals surface area contributed by atoms with E-state index in [9.17, 15) is 14.5 Å². The average molecular weight is 290 g/mol. The van der Waals surface area contributed by atoms with Crippen molar-refractivity contribution in [2.24, 2.45) is 0 Å². The normalized spacial score (nSPS) is 12.0. The largest absolute Gasteiger partial charge is 0.384 e. The predicted molar refractivity (Wildman–Crippen MR) is 78.5 cm³/mol. The van der Waals surface area contributed by atoms with Crippen LogP contribution >= 0.6 is 0 Å². The maximum Gasteiger partial charge on any atom is 0.311 e. The monoisotopic (exact) mass is 290 g/mol. The van der Waals surface area contributed by atoms with Gasteiger partial charge in [-0.05, 0) is 37.1 Å². The van der Waals surface area contributed by atoms with Gasteiger partial charge in [0.15, 0.2) is 0 Å². The van der Waals surface area contributed by atoms with Gasteiger partial charge in [0.25, 0.3) is 0 Å². The van der Waals surface area contributed by atoms with Crippen molar-refractivity contribution < 1.29 is 9.31 Å². The first kappa shape index (κ1) is 14.7. The Morgan fingerprint density at radius 3 is 2.71 bits per heavy atom. The van der Waals surface area contributed by atoms with Crippen molar-refractivity contribution in [2.75, 3.05) is 11.1 Å². The lowest BCUT2D eigenvalue weighted by molar-refractivity contribution is -0.384. The summed E-state index contributed by atoms with van der Waals surface area (Å²) in [6, 6.07) is 7.10. The Balaban J connectivity index is 2.30. The smallest absolute Gasteiger partial charge is 0.311 e. The van der Waals surface area contributed by atoms with Gasteiger partial charge in [-0.3, -0.25) is 10.1 Å². The first-order valence-corrected chi connectivity index (χ1v) is 6.32. The molecule has 1 unspecified atom stereocenters. The van der Waals surface area contributed by atoms with E-state index in [0.717, 1.165) is 0 Å². The van der Waals surface area contributed by atoms with Crippen LogP contribution in [0.1, 0.15) is 24.1 Å². The summed E-state index contributed by atoms with van der Waals surface area (Å²) in [4.78, 5) is 14.4. The van der Waals surface area contributed by atoms with E-state index >= 15 is 0 Å². The molecule has 0 spiro atoms. The first-order chi connectivity index (χ1) is 9.88. The zero-order chi connectivity index (χ0) is 15.6. The summed E-state index contributed by atoms with van der Waals surface area (Å²) in [7, 11) is 0. The molecule has 2 rings (SSSR count). The third-order valence-electron chi connectivity index (χ3n) is 3.14. The summed E-state index contributed by atoms with van der Waals surface area (Å²) in [5.74, 6) is -0.0879. The number of aryl methyl sites for hydroxylation is 1. The topological polar surface area (TPSA) is 94.1 Å². The number of pyridine rings is 1. The van der Waals surface area contributed by atoms with Crippen LogP contribution in [0.2, 0.25) is 0 Å². The fourth-order valence-corrected chi connectivity index (χ4v) is 1.89. The van der Waals surface area contributed by atoms with Crippen LogP contribution in [-0.2, 0) is 0 Å². The highest BCUT2D eigenvalue weighted by Gasteiger charge is 2.18. The molecule has 0 saturated heterocycles. The molecule has 1 aromatic heterocycles. The highest BCUT2D eigenvalue weighted by molar-refractivity contribution is 5.60. The van der Waals surface area contributed by atoms with Crippen LogP contribution in [0, 0.1) is 22.9 Å². The van der Waals surface area contributed by atoms with Gasteiger partial charge in [0.2, 0.25) is 5.82 Å². The van der Waals surface area contributed by atoms with Gasteiger partial charge < -0.3 is 11.1 Å². The molecule has 2 aromatic rings. The molecule has 0 fully saturated rings. The van der Waals surface area contributed by atoms with Crippen molar-refractivity contribution in [2.45, 2.75) is 19.9 Å². The van der Waals surface area contributed by atoms with Crippen molar-refractivity contribution >= 4 is 17.3 Å². The molecular formula is C14H15FN4O2. The second kappa shape index (κ2) is 5.74. The summed E-state index contributed by atoms with van der Waals surface area (Å²) in [6.45, 7) is 3.43. The summed E-state index contributed by atoms with van der Waals surface area (Å²) in [5, 5.41) is 13.9. The van der Waals surface area contributed by atoms with E-state index in [2.05, 4.69) is 10.3 Å². The molecular weight excluding hydrogens is 275 g/mol. The van der Waals surface area contributed by atoms with Crippen molar-refractivity contribution in [3.05, 3.63) is 57.4 Å². The van der Waals surface area contributed by atoms with Crippen molar-refractivity contribution in [3.8, 4) is 0 Å². The van der Waals surface area contributed by atoms with Crippen LogP contribution in [0.5, 0.6) is 0 Å². The molecule has 0 radical (unpaired) electrons. The lowest BCUT2D eigenvalue weighted by Gasteiger charge is -2.15. The fraction of sp³-hybridized carbons (Fsp3) is 0.214. The maximum atomic E-state index is 13.6. The van der Waals surface area contributed by atoms with Gasteiger partial charge in [0, 0.05) is 6.07 Å². The number of hydrogen-bond acceptors (Lipinski definition) is 5. The van der Waals surface area contributed by atoms with Gasteiger partial charge in [-0.1, -0.05) is 12.1 Å². The molecule has 1 atom stereocenters. The zero-order valence-corrected chi connectivity index (χ0v) is 11.6. The molecule has 7 heteroatoms. The van der Waals surface area contributed by atoms with Gasteiger partial charge >= 0.3 is 5.69 Å². The minimum absolute atomic E-state index is 0.0634. The summed E-state index contributed by atoms with van der Waals surface area (Å²) in [5.41, 5.74) is 6.58. The van der Waals surface area contributed by atoms with E-state index in [1.54, 1.807) is 26.0 Å². The minimum Gasteiger partial charge on any atom is -0.384 e. The maximum absolute atomic E-state index is 13.6. The second-order valence-electron chi connectivity index (χ2n) is 4.74. The van der Waals surface area contributed by atoms with Crippen LogP contribution in [0.25, 0.3) is 0 Å². The lowest BCUT2D eigenvalue weighted by atomic mass is 10.1. The number of hydrogen-bond donors (Lipinski definition) is 2. The Hall–Kier alpha value is -2.70. The van der Waals surface area contributed by atoms with Crippen LogP contribution in [0.3, 0.4) is 0 Å². The van der Waals surface area contributed by atoms with Crippen molar-refractivity contribution in [1.82, 2.24) is 4.98 Å². The van der Waals surface area contributed by atoms with E-state index in [1.165, 1.54) is 18.2 Å². The van der Waals surface area contributed by atoms with Crippen LogP contribution in [0.4, 0.5) is 21.7 Å². The fourth-order valence-electron chi connectivity index (χ4n) is 1.89. The molecule has 0 aliphatic rings. The number of nitrogens with one attached hydrogen (secondary N) is 1. The molecule has 0 aliphatic heterocycles. The van der Waals surface area contributed by atoms with E-state index in [4.69, 9.17) is 5.73 Å². The Morgan fingerprint density at radius 2 is 2.10 bits per heavy atom. The molecule has 110 valence electrons. The lowest BCUT2D eigenvalue weighted by Crippen LogP contribution is -2.11. The Labute approximate surface area is 121 Å². The Morgan fingerprint density at radius 1 is 1.38 bits per heavy atom. The van der Waals surface area contributed by atoms with Gasteiger partial charge in [0.05, 0.1) is 11.0 Å². The van der Waals surface area contributed by atoms with E-state index in [0.29, 0.717) is 11.1 Å². The summed E-state index contributed by atoms with van der Waals surface area (Å²) >= 11 is 0. The number of nitrogens with two attached hydrogens (primary N) is 1. The Kier molecular flexibility index (Phi) is 4.02. The standard InChI is InChI=1S/C14H15FN4O2/c1-8-3-4-10(7-11(8)15)9(2)17-14-12(19(20)21)5-6-13(16)18-14/h3-7,9H,1-2H3,(H3,16,17,18). The van der Waals surface area contributed by atoms with Crippen molar-refractivity contribution in [1.29, 1.82) is 0 Å². The predicted octanol–water partition coefficient (Wildman–Crippen LogP) is 3.19. The Bertz CT molecular complexity index is 691. The number of halogens is 1. The number of nitrogen functional groups attached to an aromatic ring is 1. The van der Waals surface area contributed by atoms with E-state index < -0.39 is 4.92 Å². The molecule has 0 aliphatic carbocycles. The minimum atomic E-state index is -0.544. The van der Waals surface area contributed by atoms with E-state index in [-0.39, 0.29) is 29.2 Å². The second-order valence-corrected chi connectivity index (χ2v) is 4.74. The van der Waals surface area contributed by atoms with Gasteiger partial charge in [-0.15, -0.1) is 0 Å². The quantitative estimate of drug-likeness (QED) is 0.666. The summed E-state index contributed by atoms with van der Waals surface area (Å²) < 4.78 is 13.6. The number of rotatable bonds is 4. The molecule has 1 aromatic carbocycles. The number of benzene rings is 1. The van der Waals surface area contributed by atoms with Crippen LogP contribution in [0.15, 0.2) is 30.3 Å². The van der Waals surface area contributed by atoms with Gasteiger partial charge in [-0.25, -0.2) is 9.37 Å². The molecule has 6 nitrogen and oxygen atoms in total. The van der Waals surface area contributed by atoms with Gasteiger partial charge in [0.1, 0.15) is 11.6 Å². The number of anilines is 2. The number of nitrogens with zero attached hydrogens (tertiary/aromatic N) is 2.